The highest BCUT2D eigenvalue weighted by atomic mass is 35.5. The third kappa shape index (κ3) is 2.84. The van der Waals surface area contributed by atoms with Gasteiger partial charge in [0.2, 0.25) is 0 Å². The van der Waals surface area contributed by atoms with Crippen LogP contribution in [0.5, 0.6) is 5.75 Å². The number of hydrogen-bond acceptors (Lipinski definition) is 3. The predicted molar refractivity (Wildman–Crippen MR) is 82.6 cm³/mol. The molecule has 3 rings (SSSR count). The summed E-state index contributed by atoms with van der Waals surface area (Å²) in [5, 5.41) is 0.487. The number of hydrogen-bond donors (Lipinski definition) is 1. The maximum absolute atomic E-state index is 12.5. The highest BCUT2D eigenvalue weighted by Crippen LogP contribution is 2.29. The van der Waals surface area contributed by atoms with Gasteiger partial charge in [0.05, 0.1) is 17.2 Å². The Labute approximate surface area is 128 Å². The number of benzene rings is 2. The lowest BCUT2D eigenvalue weighted by Gasteiger charge is -2.11. The lowest BCUT2D eigenvalue weighted by Crippen LogP contribution is -2.14. The molecule has 0 spiro atoms. The summed E-state index contributed by atoms with van der Waals surface area (Å²) in [7, 11) is -3.64. The van der Waals surface area contributed by atoms with E-state index in [1.165, 1.54) is 0 Å². The van der Waals surface area contributed by atoms with Gasteiger partial charge >= 0.3 is 0 Å². The van der Waals surface area contributed by atoms with Crippen molar-refractivity contribution in [2.24, 2.45) is 0 Å². The largest absolute Gasteiger partial charge is 0.493 e. The number of halogens is 1. The van der Waals surface area contributed by atoms with Crippen LogP contribution >= 0.6 is 11.6 Å². The van der Waals surface area contributed by atoms with E-state index in [9.17, 15) is 8.42 Å². The summed E-state index contributed by atoms with van der Waals surface area (Å²) >= 11 is 5.92. The van der Waals surface area contributed by atoms with Crippen molar-refractivity contribution >= 4 is 27.3 Å². The third-order valence-corrected chi connectivity index (χ3v) is 5.01. The van der Waals surface area contributed by atoms with E-state index in [4.69, 9.17) is 16.3 Å². The average Bonchev–Trinajstić information content (AvgIpc) is 2.90. The molecule has 0 atom stereocenters. The molecule has 0 bridgehead atoms. The average molecular weight is 324 g/mol. The number of aryl methyl sites for hydroxylation is 1. The Morgan fingerprint density at radius 1 is 1.19 bits per heavy atom. The van der Waals surface area contributed by atoms with Crippen LogP contribution in [0.3, 0.4) is 0 Å². The van der Waals surface area contributed by atoms with E-state index >= 15 is 0 Å². The molecule has 0 saturated carbocycles. The van der Waals surface area contributed by atoms with Crippen molar-refractivity contribution in [1.82, 2.24) is 0 Å². The summed E-state index contributed by atoms with van der Waals surface area (Å²) in [6.07, 6.45) is 0.731. The van der Waals surface area contributed by atoms with Gasteiger partial charge in [-0.25, -0.2) is 8.42 Å². The normalized spacial score (nSPS) is 13.6. The Morgan fingerprint density at radius 3 is 2.81 bits per heavy atom. The summed E-state index contributed by atoms with van der Waals surface area (Å²) in [4.78, 5) is 0.228. The van der Waals surface area contributed by atoms with Gasteiger partial charge in [-0.3, -0.25) is 4.72 Å². The monoisotopic (exact) mass is 323 g/mol. The van der Waals surface area contributed by atoms with Crippen LogP contribution in [-0.4, -0.2) is 15.0 Å². The van der Waals surface area contributed by atoms with Crippen LogP contribution in [0.25, 0.3) is 0 Å². The Bertz CT molecular complexity index is 803. The molecule has 6 heteroatoms. The molecule has 110 valence electrons. The molecule has 0 aliphatic carbocycles. The van der Waals surface area contributed by atoms with E-state index in [1.54, 1.807) is 36.4 Å². The van der Waals surface area contributed by atoms with Crippen molar-refractivity contribution in [3.05, 3.63) is 52.5 Å². The molecule has 1 heterocycles. The van der Waals surface area contributed by atoms with Crippen LogP contribution in [0.1, 0.15) is 11.1 Å². The zero-order chi connectivity index (χ0) is 15.0. The fourth-order valence-electron chi connectivity index (χ4n) is 2.24. The summed E-state index contributed by atoms with van der Waals surface area (Å²) in [5.41, 5.74) is 2.22. The summed E-state index contributed by atoms with van der Waals surface area (Å²) in [6, 6.07) is 10.0. The van der Waals surface area contributed by atoms with E-state index < -0.39 is 10.0 Å². The van der Waals surface area contributed by atoms with Crippen LogP contribution < -0.4 is 9.46 Å². The highest BCUT2D eigenvalue weighted by molar-refractivity contribution is 7.92. The van der Waals surface area contributed by atoms with Crippen LogP contribution in [0.4, 0.5) is 5.69 Å². The first-order valence-corrected chi connectivity index (χ1v) is 8.36. The van der Waals surface area contributed by atoms with E-state index in [-0.39, 0.29) is 4.90 Å². The van der Waals surface area contributed by atoms with Crippen molar-refractivity contribution in [2.75, 3.05) is 11.3 Å². The van der Waals surface area contributed by atoms with Crippen LogP contribution in [0, 0.1) is 6.92 Å². The van der Waals surface area contributed by atoms with Gasteiger partial charge in [-0.2, -0.15) is 0 Å². The zero-order valence-corrected chi connectivity index (χ0v) is 13.0. The van der Waals surface area contributed by atoms with Crippen LogP contribution in [-0.2, 0) is 16.4 Å². The van der Waals surface area contributed by atoms with E-state index in [0.29, 0.717) is 17.3 Å². The molecule has 0 saturated heterocycles. The molecule has 1 N–H and O–H groups in total. The van der Waals surface area contributed by atoms with Gasteiger partial charge in [0.15, 0.2) is 0 Å². The van der Waals surface area contributed by atoms with Crippen molar-refractivity contribution in [1.29, 1.82) is 0 Å². The first-order valence-electron chi connectivity index (χ1n) is 6.50. The minimum atomic E-state index is -3.64. The van der Waals surface area contributed by atoms with Crippen molar-refractivity contribution in [3.8, 4) is 5.75 Å². The number of sulfonamides is 1. The summed E-state index contributed by atoms with van der Waals surface area (Å²) < 4.78 is 32.9. The highest BCUT2D eigenvalue weighted by Gasteiger charge is 2.20. The second-order valence-corrected chi connectivity index (χ2v) is 7.05. The number of ether oxygens (including phenoxy) is 1. The number of fused-ring (bicyclic) bond motifs is 1. The quantitative estimate of drug-likeness (QED) is 0.942. The van der Waals surface area contributed by atoms with E-state index in [0.717, 1.165) is 23.3 Å². The molecule has 4 nitrogen and oxygen atoms in total. The molecule has 0 aromatic heterocycles. The molecular weight excluding hydrogens is 310 g/mol. The smallest absolute Gasteiger partial charge is 0.261 e. The summed E-state index contributed by atoms with van der Waals surface area (Å²) in [5.74, 6) is 0.757. The van der Waals surface area contributed by atoms with Gasteiger partial charge in [0.1, 0.15) is 5.75 Å². The maximum Gasteiger partial charge on any atom is 0.261 e. The number of nitrogens with one attached hydrogen (secondary N) is 1. The molecule has 0 fully saturated rings. The van der Waals surface area contributed by atoms with Crippen LogP contribution in [0.15, 0.2) is 41.3 Å². The number of anilines is 1. The van der Waals surface area contributed by atoms with Gasteiger partial charge in [-0.1, -0.05) is 17.7 Å². The molecule has 0 amide bonds. The van der Waals surface area contributed by atoms with E-state index in [1.807, 2.05) is 6.92 Å². The second-order valence-electron chi connectivity index (χ2n) is 4.93. The fourth-order valence-corrected chi connectivity index (χ4v) is 3.58. The molecule has 21 heavy (non-hydrogen) atoms. The molecule has 1 aliphatic rings. The fraction of sp³-hybridized carbons (Fsp3) is 0.200. The predicted octanol–water partition coefficient (Wildman–Crippen LogP) is 3.38. The van der Waals surface area contributed by atoms with Gasteiger partial charge in [-0.15, -0.1) is 0 Å². The van der Waals surface area contributed by atoms with E-state index in [2.05, 4.69) is 4.72 Å². The topological polar surface area (TPSA) is 55.4 Å². The minimum absolute atomic E-state index is 0.228. The SMILES string of the molecule is Cc1ccc(Cl)cc1NS(=O)(=O)c1ccc2c(c1)CCO2. The standard InChI is InChI=1S/C15H14ClNO3S/c1-10-2-3-12(16)9-14(10)17-21(18,19)13-4-5-15-11(8-13)6-7-20-15/h2-5,8-9,17H,6-7H2,1H3. The first-order chi connectivity index (χ1) is 9.95. The number of rotatable bonds is 3. The Morgan fingerprint density at radius 2 is 2.00 bits per heavy atom. The van der Waals surface area contributed by atoms with Gasteiger partial charge in [0, 0.05) is 11.4 Å². The van der Waals surface area contributed by atoms with Gasteiger partial charge < -0.3 is 4.74 Å². The Balaban J connectivity index is 1.95. The van der Waals surface area contributed by atoms with Gasteiger partial charge in [0.25, 0.3) is 10.0 Å². The zero-order valence-electron chi connectivity index (χ0n) is 11.4. The van der Waals surface area contributed by atoms with Crippen molar-refractivity contribution < 1.29 is 13.2 Å². The van der Waals surface area contributed by atoms with Crippen molar-refractivity contribution in [3.63, 3.8) is 0 Å². The molecular formula is C15H14ClNO3S. The molecule has 0 unspecified atom stereocenters. The molecule has 1 aliphatic heterocycles. The minimum Gasteiger partial charge on any atom is -0.493 e. The first kappa shape index (κ1) is 14.2. The van der Waals surface area contributed by atoms with Crippen molar-refractivity contribution in [2.45, 2.75) is 18.2 Å². The van der Waals surface area contributed by atoms with Crippen LogP contribution in [0.2, 0.25) is 5.02 Å². The molecule has 0 radical (unpaired) electrons. The lowest BCUT2D eigenvalue weighted by atomic mass is 10.2. The lowest BCUT2D eigenvalue weighted by molar-refractivity contribution is 0.356. The Kier molecular flexibility index (Phi) is 3.55. The molecule has 2 aromatic rings. The second kappa shape index (κ2) is 5.24. The Hall–Kier alpha value is -1.72. The van der Waals surface area contributed by atoms with Gasteiger partial charge in [-0.05, 0) is 48.4 Å². The summed E-state index contributed by atoms with van der Waals surface area (Å²) in [6.45, 7) is 2.42. The molecule has 2 aromatic carbocycles. The maximum atomic E-state index is 12.5. The third-order valence-electron chi connectivity index (χ3n) is 3.42.